The largest absolute Gasteiger partial charge is 0.461 e. The van der Waals surface area contributed by atoms with E-state index in [0.717, 1.165) is 0 Å². The average Bonchev–Trinajstić information content (AvgIpc) is 2.29. The van der Waals surface area contributed by atoms with Gasteiger partial charge in [-0.3, -0.25) is 4.79 Å². The standard InChI is InChI=1S/C13H17NO3/c1-9(2)17-13(16)10(3)14-12(15)11-7-5-4-6-8-11/h4-10H,1-3H3,(H,14,15). The molecule has 0 aliphatic carbocycles. The topological polar surface area (TPSA) is 55.4 Å². The van der Waals surface area contributed by atoms with Gasteiger partial charge in [-0.15, -0.1) is 0 Å². The van der Waals surface area contributed by atoms with Gasteiger partial charge in [0.2, 0.25) is 0 Å². The van der Waals surface area contributed by atoms with Gasteiger partial charge in [0.05, 0.1) is 6.10 Å². The number of hydrogen-bond donors (Lipinski definition) is 1. The van der Waals surface area contributed by atoms with Crippen LogP contribution in [-0.2, 0) is 9.53 Å². The first-order chi connectivity index (χ1) is 8.00. The Balaban J connectivity index is 2.55. The van der Waals surface area contributed by atoms with Crippen LogP contribution in [0.15, 0.2) is 30.3 Å². The van der Waals surface area contributed by atoms with Crippen molar-refractivity contribution in [3.05, 3.63) is 35.9 Å². The third kappa shape index (κ3) is 4.26. The van der Waals surface area contributed by atoms with Crippen LogP contribution in [0, 0.1) is 0 Å². The predicted octanol–water partition coefficient (Wildman–Crippen LogP) is 1.76. The normalized spacial score (nSPS) is 12.0. The Hall–Kier alpha value is -1.84. The highest BCUT2D eigenvalue weighted by Gasteiger charge is 2.18. The van der Waals surface area contributed by atoms with Gasteiger partial charge in [0, 0.05) is 5.56 Å². The van der Waals surface area contributed by atoms with E-state index in [4.69, 9.17) is 4.74 Å². The van der Waals surface area contributed by atoms with Crippen molar-refractivity contribution in [2.75, 3.05) is 0 Å². The highest BCUT2D eigenvalue weighted by Crippen LogP contribution is 2.00. The Morgan fingerprint density at radius 3 is 2.24 bits per heavy atom. The molecule has 1 aromatic carbocycles. The molecular weight excluding hydrogens is 218 g/mol. The molecule has 0 bridgehead atoms. The molecule has 4 nitrogen and oxygen atoms in total. The number of benzene rings is 1. The smallest absolute Gasteiger partial charge is 0.328 e. The van der Waals surface area contributed by atoms with Crippen molar-refractivity contribution in [1.82, 2.24) is 5.32 Å². The summed E-state index contributed by atoms with van der Waals surface area (Å²) in [5.74, 6) is -0.705. The summed E-state index contributed by atoms with van der Waals surface area (Å²) in [5, 5.41) is 2.59. The number of hydrogen-bond acceptors (Lipinski definition) is 3. The lowest BCUT2D eigenvalue weighted by atomic mass is 10.2. The van der Waals surface area contributed by atoms with Crippen molar-refractivity contribution >= 4 is 11.9 Å². The van der Waals surface area contributed by atoms with Crippen molar-refractivity contribution in [2.24, 2.45) is 0 Å². The molecule has 0 aliphatic rings. The minimum absolute atomic E-state index is 0.182. The number of carbonyl (C=O) groups excluding carboxylic acids is 2. The Kier molecular flexibility index (Phi) is 4.69. The second kappa shape index (κ2) is 6.03. The van der Waals surface area contributed by atoms with Crippen molar-refractivity contribution in [2.45, 2.75) is 32.9 Å². The summed E-state index contributed by atoms with van der Waals surface area (Å²) in [6.45, 7) is 5.14. The lowest BCUT2D eigenvalue weighted by molar-refractivity contribution is -0.149. The maximum Gasteiger partial charge on any atom is 0.328 e. The molecule has 1 amide bonds. The van der Waals surface area contributed by atoms with Gasteiger partial charge >= 0.3 is 5.97 Å². The van der Waals surface area contributed by atoms with E-state index in [9.17, 15) is 9.59 Å². The third-order valence-corrected chi connectivity index (χ3v) is 2.09. The zero-order valence-corrected chi connectivity index (χ0v) is 10.3. The summed E-state index contributed by atoms with van der Waals surface area (Å²) in [5.41, 5.74) is 0.525. The number of rotatable bonds is 4. The number of esters is 1. The maximum atomic E-state index is 11.7. The number of amides is 1. The van der Waals surface area contributed by atoms with Gasteiger partial charge < -0.3 is 10.1 Å². The second-order valence-electron chi connectivity index (χ2n) is 4.05. The van der Waals surface area contributed by atoms with E-state index in [1.165, 1.54) is 0 Å². The van der Waals surface area contributed by atoms with E-state index in [2.05, 4.69) is 5.32 Å². The van der Waals surface area contributed by atoms with E-state index in [0.29, 0.717) is 5.56 Å². The van der Waals surface area contributed by atoms with Crippen LogP contribution < -0.4 is 5.32 Å². The van der Waals surface area contributed by atoms with E-state index < -0.39 is 12.0 Å². The lowest BCUT2D eigenvalue weighted by Gasteiger charge is -2.15. The molecule has 4 heteroatoms. The Bertz CT molecular complexity index is 387. The van der Waals surface area contributed by atoms with Crippen LogP contribution in [0.3, 0.4) is 0 Å². The molecule has 0 saturated heterocycles. The van der Waals surface area contributed by atoms with E-state index in [-0.39, 0.29) is 12.0 Å². The molecule has 0 spiro atoms. The molecule has 0 aliphatic heterocycles. The monoisotopic (exact) mass is 235 g/mol. The molecule has 0 fully saturated rings. The zero-order valence-electron chi connectivity index (χ0n) is 10.3. The predicted molar refractivity (Wildman–Crippen MR) is 64.6 cm³/mol. The van der Waals surface area contributed by atoms with Gasteiger partial charge in [0.1, 0.15) is 6.04 Å². The molecule has 1 unspecified atom stereocenters. The molecule has 1 aromatic rings. The summed E-state index contributed by atoms with van der Waals surface area (Å²) in [7, 11) is 0. The molecule has 0 radical (unpaired) electrons. The van der Waals surface area contributed by atoms with Crippen LogP contribution in [0.4, 0.5) is 0 Å². The van der Waals surface area contributed by atoms with Gasteiger partial charge in [0.15, 0.2) is 0 Å². The quantitative estimate of drug-likeness (QED) is 0.809. The second-order valence-corrected chi connectivity index (χ2v) is 4.05. The fraction of sp³-hybridized carbons (Fsp3) is 0.385. The fourth-order valence-electron chi connectivity index (χ4n) is 1.26. The number of carbonyl (C=O) groups is 2. The van der Waals surface area contributed by atoms with Crippen LogP contribution in [0.1, 0.15) is 31.1 Å². The van der Waals surface area contributed by atoms with Crippen LogP contribution in [0.2, 0.25) is 0 Å². The van der Waals surface area contributed by atoms with Gasteiger partial charge in [0.25, 0.3) is 5.91 Å². The minimum Gasteiger partial charge on any atom is -0.461 e. The minimum atomic E-state index is -0.648. The third-order valence-electron chi connectivity index (χ3n) is 2.09. The Labute approximate surface area is 101 Å². The van der Waals surface area contributed by atoms with E-state index in [1.807, 2.05) is 6.07 Å². The zero-order chi connectivity index (χ0) is 12.8. The molecule has 17 heavy (non-hydrogen) atoms. The lowest BCUT2D eigenvalue weighted by Crippen LogP contribution is -2.40. The first kappa shape index (κ1) is 13.2. The molecule has 1 rings (SSSR count). The summed E-state index contributed by atoms with van der Waals surface area (Å²) in [6.07, 6.45) is -0.182. The summed E-state index contributed by atoms with van der Waals surface area (Å²) in [6, 6.07) is 8.10. The average molecular weight is 235 g/mol. The summed E-state index contributed by atoms with van der Waals surface area (Å²) >= 11 is 0. The van der Waals surface area contributed by atoms with Crippen LogP contribution >= 0.6 is 0 Å². The molecule has 1 N–H and O–H groups in total. The van der Waals surface area contributed by atoms with Gasteiger partial charge in [-0.25, -0.2) is 4.79 Å². The highest BCUT2D eigenvalue weighted by atomic mass is 16.5. The van der Waals surface area contributed by atoms with Crippen molar-refractivity contribution < 1.29 is 14.3 Å². The summed E-state index contributed by atoms with van der Waals surface area (Å²) < 4.78 is 5.00. The maximum absolute atomic E-state index is 11.7. The van der Waals surface area contributed by atoms with E-state index in [1.54, 1.807) is 45.0 Å². The first-order valence-corrected chi connectivity index (χ1v) is 5.57. The van der Waals surface area contributed by atoms with E-state index >= 15 is 0 Å². The molecule has 0 saturated carbocycles. The number of nitrogens with one attached hydrogen (secondary N) is 1. The fourth-order valence-corrected chi connectivity index (χ4v) is 1.26. The number of ether oxygens (including phenoxy) is 1. The Morgan fingerprint density at radius 2 is 1.71 bits per heavy atom. The van der Waals surface area contributed by atoms with Crippen molar-refractivity contribution in [3.8, 4) is 0 Å². The molecule has 0 aromatic heterocycles. The van der Waals surface area contributed by atoms with Crippen molar-refractivity contribution in [3.63, 3.8) is 0 Å². The molecular formula is C13H17NO3. The van der Waals surface area contributed by atoms with Gasteiger partial charge in [-0.2, -0.15) is 0 Å². The highest BCUT2D eigenvalue weighted by molar-refractivity contribution is 5.96. The van der Waals surface area contributed by atoms with Crippen molar-refractivity contribution in [1.29, 1.82) is 0 Å². The van der Waals surface area contributed by atoms with Crippen LogP contribution in [0.5, 0.6) is 0 Å². The van der Waals surface area contributed by atoms with Gasteiger partial charge in [-0.05, 0) is 32.9 Å². The molecule has 1 atom stereocenters. The van der Waals surface area contributed by atoms with Crippen LogP contribution in [-0.4, -0.2) is 24.0 Å². The SMILES string of the molecule is CC(C)OC(=O)C(C)NC(=O)c1ccccc1. The van der Waals surface area contributed by atoms with Gasteiger partial charge in [-0.1, -0.05) is 18.2 Å². The Morgan fingerprint density at radius 1 is 1.12 bits per heavy atom. The summed E-state index contributed by atoms with van der Waals surface area (Å²) in [4.78, 5) is 23.2. The molecule has 92 valence electrons. The first-order valence-electron chi connectivity index (χ1n) is 5.57. The molecule has 0 heterocycles. The van der Waals surface area contributed by atoms with Crippen LogP contribution in [0.25, 0.3) is 0 Å².